The first kappa shape index (κ1) is 17.3. The maximum atomic E-state index is 12.6. The van der Waals surface area contributed by atoms with Crippen molar-refractivity contribution in [1.29, 1.82) is 5.26 Å². The van der Waals surface area contributed by atoms with Crippen LogP contribution in [0.5, 0.6) is 0 Å². The van der Waals surface area contributed by atoms with Crippen LogP contribution in [-0.4, -0.2) is 10.5 Å². The monoisotopic (exact) mass is 369 g/mol. The summed E-state index contributed by atoms with van der Waals surface area (Å²) < 4.78 is 1.98. The number of carbonyl (C=O) groups is 1. The van der Waals surface area contributed by atoms with Crippen LogP contribution in [0.3, 0.4) is 0 Å². The second-order valence-electron chi connectivity index (χ2n) is 5.67. The summed E-state index contributed by atoms with van der Waals surface area (Å²) in [5, 5.41) is 15.0. The van der Waals surface area contributed by atoms with E-state index in [1.807, 2.05) is 35.9 Å². The molecular formula is C19H16ClN3OS. The number of carbonyl (C=O) groups excluding carboxylic acids is 1. The summed E-state index contributed by atoms with van der Waals surface area (Å²) in [7, 11) is 0. The van der Waals surface area contributed by atoms with Gasteiger partial charge in [-0.3, -0.25) is 4.79 Å². The van der Waals surface area contributed by atoms with E-state index in [0.29, 0.717) is 28.5 Å². The highest BCUT2D eigenvalue weighted by Gasteiger charge is 2.20. The molecule has 0 saturated heterocycles. The Balaban J connectivity index is 1.99. The van der Waals surface area contributed by atoms with Crippen molar-refractivity contribution in [3.63, 3.8) is 0 Å². The summed E-state index contributed by atoms with van der Waals surface area (Å²) >= 11 is 7.52. The summed E-state index contributed by atoms with van der Waals surface area (Å²) in [5.74, 6) is 0.268. The average molecular weight is 370 g/mol. The first-order valence-electron chi connectivity index (χ1n) is 7.70. The third-order valence-electron chi connectivity index (χ3n) is 4.17. The van der Waals surface area contributed by atoms with Crippen molar-refractivity contribution >= 4 is 34.7 Å². The zero-order chi connectivity index (χ0) is 18.0. The van der Waals surface area contributed by atoms with Crippen LogP contribution >= 0.6 is 22.9 Å². The number of rotatable bonds is 4. The molecule has 6 heteroatoms. The smallest absolute Gasteiger partial charge is 0.256 e. The van der Waals surface area contributed by atoms with Crippen molar-refractivity contribution in [2.45, 2.75) is 20.4 Å². The zero-order valence-corrected chi connectivity index (χ0v) is 15.4. The number of anilines is 1. The van der Waals surface area contributed by atoms with Crippen LogP contribution in [0, 0.1) is 25.2 Å². The Bertz CT molecular complexity index is 950. The van der Waals surface area contributed by atoms with E-state index >= 15 is 0 Å². The summed E-state index contributed by atoms with van der Waals surface area (Å²) in [5.41, 5.74) is 2.84. The summed E-state index contributed by atoms with van der Waals surface area (Å²) in [4.78, 5) is 13.8. The highest BCUT2D eigenvalue weighted by molar-refractivity contribution is 7.09. The number of thiophene rings is 1. The van der Waals surface area contributed by atoms with Gasteiger partial charge in [0.05, 0.1) is 12.1 Å². The third-order valence-corrected chi connectivity index (χ3v) is 5.29. The zero-order valence-electron chi connectivity index (χ0n) is 13.8. The molecule has 0 atom stereocenters. The Morgan fingerprint density at radius 3 is 2.60 bits per heavy atom. The molecule has 1 N–H and O–H groups in total. The number of amides is 1. The molecule has 3 rings (SSSR count). The van der Waals surface area contributed by atoms with Crippen molar-refractivity contribution in [3.05, 3.63) is 74.1 Å². The number of nitriles is 1. The molecule has 0 unspecified atom stereocenters. The highest BCUT2D eigenvalue weighted by atomic mass is 35.5. The fourth-order valence-corrected chi connectivity index (χ4v) is 3.49. The fourth-order valence-electron chi connectivity index (χ4n) is 2.67. The van der Waals surface area contributed by atoms with Crippen LogP contribution in [-0.2, 0) is 6.54 Å². The molecular weight excluding hydrogens is 354 g/mol. The molecule has 1 amide bonds. The molecule has 1 aromatic carbocycles. The lowest BCUT2D eigenvalue weighted by molar-refractivity contribution is 0.102. The topological polar surface area (TPSA) is 57.8 Å². The molecule has 0 aliphatic heterocycles. The van der Waals surface area contributed by atoms with E-state index < -0.39 is 0 Å². The van der Waals surface area contributed by atoms with Gasteiger partial charge < -0.3 is 9.88 Å². The number of aromatic nitrogens is 1. The fraction of sp³-hybridized carbons (Fsp3) is 0.158. The van der Waals surface area contributed by atoms with Crippen LogP contribution in [0.4, 0.5) is 5.82 Å². The van der Waals surface area contributed by atoms with Gasteiger partial charge in [0.1, 0.15) is 11.9 Å². The Morgan fingerprint density at radius 1 is 1.28 bits per heavy atom. The minimum absolute atomic E-state index is 0.266. The molecule has 0 fully saturated rings. The van der Waals surface area contributed by atoms with Crippen molar-refractivity contribution in [1.82, 2.24) is 4.57 Å². The van der Waals surface area contributed by atoms with Crippen molar-refractivity contribution in [3.8, 4) is 6.07 Å². The van der Waals surface area contributed by atoms with Crippen molar-refractivity contribution < 1.29 is 4.79 Å². The molecule has 4 nitrogen and oxygen atoms in total. The molecule has 2 aromatic heterocycles. The number of hydrogen-bond donors (Lipinski definition) is 1. The summed E-state index contributed by atoms with van der Waals surface area (Å²) in [6.07, 6.45) is 0. The lowest BCUT2D eigenvalue weighted by Gasteiger charge is -2.12. The van der Waals surface area contributed by atoms with E-state index in [0.717, 1.165) is 16.1 Å². The molecule has 3 aromatic rings. The number of nitrogens with one attached hydrogen (secondary N) is 1. The van der Waals surface area contributed by atoms with Crippen molar-refractivity contribution in [2.24, 2.45) is 0 Å². The Labute approximate surface area is 155 Å². The molecule has 0 spiro atoms. The van der Waals surface area contributed by atoms with Gasteiger partial charge >= 0.3 is 0 Å². The van der Waals surface area contributed by atoms with Gasteiger partial charge in [-0.05, 0) is 55.1 Å². The van der Waals surface area contributed by atoms with Gasteiger partial charge in [0.2, 0.25) is 0 Å². The molecule has 0 radical (unpaired) electrons. The number of hydrogen-bond acceptors (Lipinski definition) is 3. The first-order valence-corrected chi connectivity index (χ1v) is 8.96. The minimum Gasteiger partial charge on any atom is -0.325 e. The van der Waals surface area contributed by atoms with Gasteiger partial charge in [-0.1, -0.05) is 17.7 Å². The van der Waals surface area contributed by atoms with Crippen LogP contribution in [0.1, 0.15) is 32.1 Å². The predicted octanol–water partition coefficient (Wildman–Crippen LogP) is 4.99. The van der Waals surface area contributed by atoms with E-state index in [1.54, 1.807) is 35.6 Å². The summed E-state index contributed by atoms with van der Waals surface area (Å²) in [6.45, 7) is 4.47. The second kappa shape index (κ2) is 7.14. The molecule has 2 heterocycles. The van der Waals surface area contributed by atoms with Crippen LogP contribution in [0.15, 0.2) is 41.8 Å². The lowest BCUT2D eigenvalue weighted by atomic mass is 10.2. The second-order valence-corrected chi connectivity index (χ2v) is 7.14. The first-order chi connectivity index (χ1) is 12.0. The third kappa shape index (κ3) is 3.46. The lowest BCUT2D eigenvalue weighted by Crippen LogP contribution is -2.16. The Morgan fingerprint density at radius 2 is 2.00 bits per heavy atom. The maximum absolute atomic E-state index is 12.6. The van der Waals surface area contributed by atoms with E-state index in [4.69, 9.17) is 11.6 Å². The van der Waals surface area contributed by atoms with E-state index in [1.165, 1.54) is 0 Å². The van der Waals surface area contributed by atoms with Crippen LogP contribution < -0.4 is 5.32 Å². The van der Waals surface area contributed by atoms with Gasteiger partial charge in [0.25, 0.3) is 5.91 Å². The standard InChI is InChI=1S/C19H16ClN3OS/c1-12-13(2)23(11-16-4-3-9-25-16)18(17(12)10-21)22-19(24)14-5-7-15(20)8-6-14/h3-9H,11H2,1-2H3,(H,22,24). The minimum atomic E-state index is -0.266. The number of benzene rings is 1. The normalized spacial score (nSPS) is 10.5. The van der Waals surface area contributed by atoms with E-state index in [2.05, 4.69) is 11.4 Å². The molecule has 25 heavy (non-hydrogen) atoms. The van der Waals surface area contributed by atoms with Gasteiger partial charge in [0.15, 0.2) is 0 Å². The number of nitrogens with zero attached hydrogens (tertiary/aromatic N) is 2. The average Bonchev–Trinajstić information content (AvgIpc) is 3.19. The Hall–Kier alpha value is -2.55. The van der Waals surface area contributed by atoms with Crippen molar-refractivity contribution in [2.75, 3.05) is 5.32 Å². The quantitative estimate of drug-likeness (QED) is 0.704. The van der Waals surface area contributed by atoms with Crippen LogP contribution in [0.25, 0.3) is 0 Å². The Kier molecular flexibility index (Phi) is 4.93. The van der Waals surface area contributed by atoms with E-state index in [-0.39, 0.29) is 5.91 Å². The van der Waals surface area contributed by atoms with E-state index in [9.17, 15) is 10.1 Å². The van der Waals surface area contributed by atoms with Gasteiger partial charge in [0, 0.05) is 21.2 Å². The highest BCUT2D eigenvalue weighted by Crippen LogP contribution is 2.28. The molecule has 126 valence electrons. The predicted molar refractivity (Wildman–Crippen MR) is 101 cm³/mol. The number of halogens is 1. The largest absolute Gasteiger partial charge is 0.325 e. The molecule has 0 saturated carbocycles. The van der Waals surface area contributed by atoms with Gasteiger partial charge in [-0.15, -0.1) is 11.3 Å². The molecule has 0 aliphatic carbocycles. The van der Waals surface area contributed by atoms with Gasteiger partial charge in [-0.25, -0.2) is 0 Å². The molecule has 0 bridgehead atoms. The summed E-state index contributed by atoms with van der Waals surface area (Å²) in [6, 6.07) is 12.9. The molecule has 0 aliphatic rings. The SMILES string of the molecule is Cc1c(C#N)c(NC(=O)c2ccc(Cl)cc2)n(Cc2cccs2)c1C. The van der Waals surface area contributed by atoms with Gasteiger partial charge in [-0.2, -0.15) is 5.26 Å². The maximum Gasteiger partial charge on any atom is 0.256 e. The van der Waals surface area contributed by atoms with Crippen LogP contribution in [0.2, 0.25) is 5.02 Å².